The minimum atomic E-state index is -0.360. The van der Waals surface area contributed by atoms with E-state index in [4.69, 9.17) is 9.47 Å². The van der Waals surface area contributed by atoms with Gasteiger partial charge < -0.3 is 14.4 Å². The number of aryl methyl sites for hydroxylation is 1. The molecule has 1 atom stereocenters. The number of benzene rings is 1. The molecule has 1 N–H and O–H groups in total. The molecule has 4 heterocycles. The van der Waals surface area contributed by atoms with Gasteiger partial charge in [-0.05, 0) is 50.5 Å². The average Bonchev–Trinajstić information content (AvgIpc) is 3.34. The lowest BCUT2D eigenvalue weighted by Crippen LogP contribution is -2.44. The van der Waals surface area contributed by atoms with Gasteiger partial charge in [0, 0.05) is 47.5 Å². The van der Waals surface area contributed by atoms with Crippen LogP contribution in [0.4, 0.5) is 5.13 Å². The first kappa shape index (κ1) is 24.9. The Labute approximate surface area is 219 Å². The van der Waals surface area contributed by atoms with Crippen LogP contribution in [-0.4, -0.2) is 53.0 Å². The Kier molecular flexibility index (Phi) is 7.17. The molecular weight excluding hydrogens is 490 g/mol. The second-order valence-electron chi connectivity index (χ2n) is 9.11. The third-order valence-electron chi connectivity index (χ3n) is 6.62. The summed E-state index contributed by atoms with van der Waals surface area (Å²) in [6, 6.07) is 9.03. The molecule has 37 heavy (non-hydrogen) atoms. The zero-order valence-electron chi connectivity index (χ0n) is 20.7. The smallest absolute Gasteiger partial charge is 0.259 e. The van der Waals surface area contributed by atoms with Crippen molar-refractivity contribution in [1.82, 2.24) is 14.9 Å². The van der Waals surface area contributed by atoms with Gasteiger partial charge in [0.05, 0.1) is 36.5 Å². The van der Waals surface area contributed by atoms with Crippen molar-refractivity contribution in [2.24, 2.45) is 0 Å². The molecule has 2 aromatic heterocycles. The van der Waals surface area contributed by atoms with E-state index in [2.05, 4.69) is 21.4 Å². The number of hydrogen-bond donors (Lipinski definition) is 1. The van der Waals surface area contributed by atoms with E-state index >= 15 is 0 Å². The fourth-order valence-corrected chi connectivity index (χ4v) is 5.71. The molecule has 0 aliphatic carbocycles. The number of anilines is 1. The molecule has 0 radical (unpaired) electrons. The summed E-state index contributed by atoms with van der Waals surface area (Å²) in [6.45, 7) is 3.53. The third kappa shape index (κ3) is 5.19. The highest BCUT2D eigenvalue weighted by molar-refractivity contribution is 7.15. The van der Waals surface area contributed by atoms with Gasteiger partial charge >= 0.3 is 0 Å². The van der Waals surface area contributed by atoms with Crippen molar-refractivity contribution in [2.45, 2.75) is 45.3 Å². The molecule has 2 amide bonds. The SMILES string of the molecule is COc1ccc(C#N)cc1-c1cc(C)ncc1C(=O)Nc1nc2c(s1)CN(C(=O)C1CCCCO1)CC2. The molecule has 1 aromatic carbocycles. The number of nitrogens with one attached hydrogen (secondary N) is 1. The van der Waals surface area contributed by atoms with Crippen LogP contribution in [0.25, 0.3) is 11.1 Å². The van der Waals surface area contributed by atoms with Crippen LogP contribution >= 0.6 is 11.3 Å². The fourth-order valence-electron chi connectivity index (χ4n) is 4.69. The molecule has 2 aliphatic heterocycles. The highest BCUT2D eigenvalue weighted by Crippen LogP contribution is 2.35. The number of ether oxygens (including phenoxy) is 2. The summed E-state index contributed by atoms with van der Waals surface area (Å²) < 4.78 is 11.2. The van der Waals surface area contributed by atoms with Crippen LogP contribution in [0.5, 0.6) is 5.75 Å². The summed E-state index contributed by atoms with van der Waals surface area (Å²) in [4.78, 5) is 38.1. The number of amides is 2. The summed E-state index contributed by atoms with van der Waals surface area (Å²) in [6.07, 6.45) is 4.58. The van der Waals surface area contributed by atoms with Crippen molar-refractivity contribution in [3.63, 3.8) is 0 Å². The molecule has 3 aromatic rings. The minimum absolute atomic E-state index is 0.0354. The Hall–Kier alpha value is -3.81. The predicted octanol–water partition coefficient (Wildman–Crippen LogP) is 4.10. The number of hydrogen-bond acceptors (Lipinski definition) is 8. The van der Waals surface area contributed by atoms with Crippen molar-refractivity contribution >= 4 is 28.3 Å². The predicted molar refractivity (Wildman–Crippen MR) is 138 cm³/mol. The monoisotopic (exact) mass is 517 g/mol. The van der Waals surface area contributed by atoms with Gasteiger partial charge in [-0.3, -0.25) is 19.9 Å². The zero-order chi connectivity index (χ0) is 25.9. The molecule has 10 heteroatoms. The quantitative estimate of drug-likeness (QED) is 0.541. The van der Waals surface area contributed by atoms with Gasteiger partial charge in [-0.1, -0.05) is 11.3 Å². The van der Waals surface area contributed by atoms with E-state index in [1.54, 1.807) is 31.4 Å². The average molecular weight is 518 g/mol. The maximum Gasteiger partial charge on any atom is 0.259 e. The first-order chi connectivity index (χ1) is 18.0. The molecule has 190 valence electrons. The van der Waals surface area contributed by atoms with Gasteiger partial charge in [-0.15, -0.1) is 0 Å². The Morgan fingerprint density at radius 2 is 2.14 bits per heavy atom. The number of thiazole rings is 1. The van der Waals surface area contributed by atoms with E-state index in [1.807, 2.05) is 11.8 Å². The van der Waals surface area contributed by atoms with E-state index in [9.17, 15) is 14.9 Å². The number of aromatic nitrogens is 2. The maximum absolute atomic E-state index is 13.4. The summed E-state index contributed by atoms with van der Waals surface area (Å²) >= 11 is 1.38. The summed E-state index contributed by atoms with van der Waals surface area (Å²) in [5, 5.41) is 12.8. The van der Waals surface area contributed by atoms with Crippen molar-refractivity contribution in [2.75, 3.05) is 25.6 Å². The lowest BCUT2D eigenvalue weighted by atomic mass is 9.97. The fraction of sp³-hybridized carbons (Fsp3) is 0.370. The number of carbonyl (C=O) groups excluding carboxylic acids is 2. The van der Waals surface area contributed by atoms with Crippen LogP contribution in [0, 0.1) is 18.3 Å². The van der Waals surface area contributed by atoms with Crippen molar-refractivity contribution in [1.29, 1.82) is 5.26 Å². The Morgan fingerprint density at radius 3 is 2.89 bits per heavy atom. The van der Waals surface area contributed by atoms with E-state index in [1.165, 1.54) is 17.5 Å². The topological polar surface area (TPSA) is 117 Å². The van der Waals surface area contributed by atoms with Gasteiger partial charge in [-0.25, -0.2) is 4.98 Å². The van der Waals surface area contributed by atoms with E-state index in [0.717, 1.165) is 35.5 Å². The molecule has 5 rings (SSSR count). The van der Waals surface area contributed by atoms with Gasteiger partial charge in [0.15, 0.2) is 5.13 Å². The number of pyridine rings is 1. The van der Waals surface area contributed by atoms with Crippen LogP contribution in [0.3, 0.4) is 0 Å². The van der Waals surface area contributed by atoms with E-state index in [-0.39, 0.29) is 17.9 Å². The molecule has 2 aliphatic rings. The molecule has 0 bridgehead atoms. The molecule has 1 saturated heterocycles. The number of methoxy groups -OCH3 is 1. The molecule has 1 unspecified atom stereocenters. The van der Waals surface area contributed by atoms with Crippen molar-refractivity contribution in [3.05, 3.63) is 57.9 Å². The molecule has 0 saturated carbocycles. The standard InChI is InChI=1S/C27H27N5O4S/c1-16-11-18(19-12-17(13-28)6-7-22(19)35-2)20(14-29-16)25(33)31-27-30-21-8-9-32(15-24(21)37-27)26(34)23-5-3-4-10-36-23/h6-7,11-12,14,23H,3-5,8-10,15H2,1-2H3,(H,30,31,33). The van der Waals surface area contributed by atoms with Crippen LogP contribution in [0.2, 0.25) is 0 Å². The van der Waals surface area contributed by atoms with Crippen LogP contribution in [0.15, 0.2) is 30.5 Å². The normalized spacial score (nSPS) is 17.0. The summed E-state index contributed by atoms with van der Waals surface area (Å²) in [5.74, 6) is 0.227. The lowest BCUT2D eigenvalue weighted by Gasteiger charge is -2.31. The molecule has 0 spiro atoms. The van der Waals surface area contributed by atoms with Crippen molar-refractivity contribution < 1.29 is 19.1 Å². The number of nitrogens with zero attached hydrogens (tertiary/aromatic N) is 4. The second-order valence-corrected chi connectivity index (χ2v) is 10.2. The first-order valence-electron chi connectivity index (χ1n) is 12.2. The molecule has 9 nitrogen and oxygen atoms in total. The number of fused-ring (bicyclic) bond motifs is 1. The van der Waals surface area contributed by atoms with E-state index in [0.29, 0.717) is 59.3 Å². The number of nitriles is 1. The Balaban J connectivity index is 1.37. The highest BCUT2D eigenvalue weighted by Gasteiger charge is 2.31. The summed E-state index contributed by atoms with van der Waals surface area (Å²) in [7, 11) is 1.55. The van der Waals surface area contributed by atoms with Gasteiger partial charge in [0.2, 0.25) is 0 Å². The maximum atomic E-state index is 13.4. The summed E-state index contributed by atoms with van der Waals surface area (Å²) in [5.41, 5.74) is 3.69. The van der Waals surface area contributed by atoms with Gasteiger partial charge in [0.25, 0.3) is 11.8 Å². The minimum Gasteiger partial charge on any atom is -0.496 e. The van der Waals surface area contributed by atoms with Crippen LogP contribution < -0.4 is 10.1 Å². The van der Waals surface area contributed by atoms with E-state index < -0.39 is 0 Å². The third-order valence-corrected chi connectivity index (χ3v) is 7.62. The van der Waals surface area contributed by atoms with Crippen molar-refractivity contribution in [3.8, 4) is 22.9 Å². The van der Waals surface area contributed by atoms with Crippen LogP contribution in [-0.2, 0) is 22.5 Å². The highest BCUT2D eigenvalue weighted by atomic mass is 32.1. The number of carbonyl (C=O) groups is 2. The Morgan fingerprint density at radius 1 is 1.27 bits per heavy atom. The zero-order valence-corrected chi connectivity index (χ0v) is 21.6. The largest absolute Gasteiger partial charge is 0.496 e. The Bertz CT molecular complexity index is 1390. The second kappa shape index (κ2) is 10.7. The lowest BCUT2D eigenvalue weighted by molar-refractivity contribution is -0.147. The van der Waals surface area contributed by atoms with Crippen LogP contribution in [0.1, 0.15) is 51.4 Å². The molecule has 1 fully saturated rings. The number of rotatable bonds is 5. The first-order valence-corrected chi connectivity index (χ1v) is 13.0. The van der Waals surface area contributed by atoms with Gasteiger partial charge in [-0.2, -0.15) is 5.26 Å². The molecular formula is C27H27N5O4S. The van der Waals surface area contributed by atoms with Gasteiger partial charge in [0.1, 0.15) is 11.9 Å².